The van der Waals surface area contributed by atoms with Gasteiger partial charge in [0.15, 0.2) is 11.5 Å². The minimum absolute atomic E-state index is 0.168. The molecule has 0 aliphatic rings. The molecule has 0 spiro atoms. The molecule has 0 saturated heterocycles. The number of thiazole rings is 1. The molecular weight excluding hydrogens is 276 g/mol. The molecule has 0 aliphatic carbocycles. The third-order valence-electron chi connectivity index (χ3n) is 2.72. The molecule has 0 radical (unpaired) electrons. The summed E-state index contributed by atoms with van der Waals surface area (Å²) in [5, 5.41) is 3.72. The normalized spacial score (nSPS) is 10.2. The number of benzene rings is 1. The molecule has 0 aliphatic heterocycles. The van der Waals surface area contributed by atoms with Gasteiger partial charge in [-0.15, -0.1) is 11.3 Å². The van der Waals surface area contributed by atoms with E-state index in [9.17, 15) is 4.79 Å². The number of nitrogens with zero attached hydrogens (tertiary/aromatic N) is 1. The second kappa shape index (κ2) is 6.38. The minimum Gasteiger partial charge on any atom is -0.493 e. The molecule has 6 heteroatoms. The molecule has 5 nitrogen and oxygen atoms in total. The molecular formula is C14H16N2O3S. The summed E-state index contributed by atoms with van der Waals surface area (Å²) in [5.74, 6) is 0.962. The predicted molar refractivity (Wildman–Crippen MR) is 77.6 cm³/mol. The smallest absolute Gasteiger partial charge is 0.251 e. The second-order valence-electron chi connectivity index (χ2n) is 4.12. The van der Waals surface area contributed by atoms with Gasteiger partial charge in [0.2, 0.25) is 0 Å². The van der Waals surface area contributed by atoms with Crippen LogP contribution in [0.4, 0.5) is 0 Å². The van der Waals surface area contributed by atoms with E-state index < -0.39 is 0 Å². The van der Waals surface area contributed by atoms with Crippen molar-refractivity contribution in [3.63, 3.8) is 0 Å². The summed E-state index contributed by atoms with van der Waals surface area (Å²) in [6.45, 7) is 2.41. The maximum atomic E-state index is 12.1. The van der Waals surface area contributed by atoms with Gasteiger partial charge in [0.05, 0.1) is 20.8 Å². The Hall–Kier alpha value is -2.08. The third kappa shape index (κ3) is 3.27. The second-order valence-corrected chi connectivity index (χ2v) is 5.44. The molecule has 0 unspecified atom stereocenters. The van der Waals surface area contributed by atoms with Crippen LogP contribution in [0.15, 0.2) is 24.4 Å². The average Bonchev–Trinajstić information content (AvgIpc) is 2.89. The number of carbonyl (C=O) groups is 1. The van der Waals surface area contributed by atoms with E-state index in [2.05, 4.69) is 10.3 Å². The van der Waals surface area contributed by atoms with E-state index in [1.54, 1.807) is 42.8 Å². The van der Waals surface area contributed by atoms with Crippen LogP contribution in [0.3, 0.4) is 0 Å². The standard InChI is InChI=1S/C14H16N2O3S/c1-9-7-15-13(20-9)8-16-14(17)10-4-5-11(18-2)12(6-10)19-3/h4-7H,8H2,1-3H3,(H,16,17). The van der Waals surface area contributed by atoms with Crippen LogP contribution < -0.4 is 14.8 Å². The Balaban J connectivity index is 2.05. The first-order valence-electron chi connectivity index (χ1n) is 6.05. The van der Waals surface area contributed by atoms with Crippen molar-refractivity contribution in [2.24, 2.45) is 0 Å². The van der Waals surface area contributed by atoms with Gasteiger partial charge >= 0.3 is 0 Å². The molecule has 20 heavy (non-hydrogen) atoms. The SMILES string of the molecule is COc1ccc(C(=O)NCc2ncc(C)s2)cc1OC. The maximum absolute atomic E-state index is 12.1. The zero-order valence-electron chi connectivity index (χ0n) is 11.6. The van der Waals surface area contributed by atoms with E-state index in [4.69, 9.17) is 9.47 Å². The summed E-state index contributed by atoms with van der Waals surface area (Å²) in [6, 6.07) is 5.06. The van der Waals surface area contributed by atoms with Gasteiger partial charge < -0.3 is 14.8 Å². The molecule has 1 heterocycles. The average molecular weight is 292 g/mol. The lowest BCUT2D eigenvalue weighted by molar-refractivity contribution is 0.0950. The number of amides is 1. The molecule has 0 fully saturated rings. The van der Waals surface area contributed by atoms with Crippen molar-refractivity contribution < 1.29 is 14.3 Å². The lowest BCUT2D eigenvalue weighted by Crippen LogP contribution is -2.22. The van der Waals surface area contributed by atoms with Gasteiger partial charge in [-0.25, -0.2) is 4.98 Å². The van der Waals surface area contributed by atoms with Gasteiger partial charge in [0, 0.05) is 16.6 Å². The molecule has 0 saturated carbocycles. The Morgan fingerprint density at radius 3 is 2.65 bits per heavy atom. The number of methoxy groups -OCH3 is 2. The number of rotatable bonds is 5. The van der Waals surface area contributed by atoms with Crippen molar-refractivity contribution in [3.05, 3.63) is 39.8 Å². The van der Waals surface area contributed by atoms with Crippen molar-refractivity contribution in [2.75, 3.05) is 14.2 Å². The fraction of sp³-hybridized carbons (Fsp3) is 0.286. The number of hydrogen-bond donors (Lipinski definition) is 1. The van der Waals surface area contributed by atoms with Crippen molar-refractivity contribution in [3.8, 4) is 11.5 Å². The van der Waals surface area contributed by atoms with E-state index in [0.29, 0.717) is 23.6 Å². The summed E-state index contributed by atoms with van der Waals surface area (Å²) < 4.78 is 10.3. The first kappa shape index (κ1) is 14.3. The number of aryl methyl sites for hydroxylation is 1. The van der Waals surface area contributed by atoms with Crippen molar-refractivity contribution in [1.29, 1.82) is 0 Å². The van der Waals surface area contributed by atoms with Crippen LogP contribution in [0, 0.1) is 6.92 Å². The lowest BCUT2D eigenvalue weighted by atomic mass is 10.2. The van der Waals surface area contributed by atoms with Crippen LogP contribution in [-0.2, 0) is 6.54 Å². The van der Waals surface area contributed by atoms with Crippen LogP contribution in [0.1, 0.15) is 20.2 Å². The van der Waals surface area contributed by atoms with Crippen molar-refractivity contribution in [2.45, 2.75) is 13.5 Å². The van der Waals surface area contributed by atoms with E-state index in [-0.39, 0.29) is 5.91 Å². The Morgan fingerprint density at radius 1 is 1.30 bits per heavy atom. The number of carbonyl (C=O) groups excluding carboxylic acids is 1. The van der Waals surface area contributed by atoms with Crippen LogP contribution >= 0.6 is 11.3 Å². The Bertz CT molecular complexity index is 610. The van der Waals surface area contributed by atoms with Gasteiger partial charge in [-0.05, 0) is 25.1 Å². The number of aromatic nitrogens is 1. The fourth-order valence-electron chi connectivity index (χ4n) is 1.72. The molecule has 106 valence electrons. The first-order chi connectivity index (χ1) is 9.63. The van der Waals surface area contributed by atoms with E-state index in [1.807, 2.05) is 6.92 Å². The molecule has 0 atom stereocenters. The Morgan fingerprint density at radius 2 is 2.05 bits per heavy atom. The predicted octanol–water partition coefficient (Wildman–Crippen LogP) is 2.40. The largest absolute Gasteiger partial charge is 0.493 e. The number of ether oxygens (including phenoxy) is 2. The van der Waals surface area contributed by atoms with Crippen molar-refractivity contribution >= 4 is 17.2 Å². The maximum Gasteiger partial charge on any atom is 0.251 e. The van der Waals surface area contributed by atoms with Crippen LogP contribution in [-0.4, -0.2) is 25.1 Å². The zero-order chi connectivity index (χ0) is 14.5. The minimum atomic E-state index is -0.168. The third-order valence-corrected chi connectivity index (χ3v) is 3.63. The quantitative estimate of drug-likeness (QED) is 0.919. The van der Waals surface area contributed by atoms with E-state index in [0.717, 1.165) is 9.88 Å². The molecule has 0 bridgehead atoms. The van der Waals surface area contributed by atoms with Gasteiger partial charge in [0.25, 0.3) is 5.91 Å². The monoisotopic (exact) mass is 292 g/mol. The van der Waals surface area contributed by atoms with Gasteiger partial charge in [-0.3, -0.25) is 4.79 Å². The topological polar surface area (TPSA) is 60.5 Å². The molecule has 2 aromatic rings. The van der Waals surface area contributed by atoms with Gasteiger partial charge in [0.1, 0.15) is 5.01 Å². The highest BCUT2D eigenvalue weighted by molar-refractivity contribution is 7.11. The Labute approximate surface area is 121 Å². The molecule has 1 aromatic carbocycles. The molecule has 2 rings (SSSR count). The van der Waals surface area contributed by atoms with Gasteiger partial charge in [-0.2, -0.15) is 0 Å². The molecule has 1 amide bonds. The lowest BCUT2D eigenvalue weighted by Gasteiger charge is -2.09. The van der Waals surface area contributed by atoms with Gasteiger partial charge in [-0.1, -0.05) is 0 Å². The van der Waals surface area contributed by atoms with Crippen LogP contribution in [0.2, 0.25) is 0 Å². The Kier molecular flexibility index (Phi) is 4.57. The summed E-state index contributed by atoms with van der Waals surface area (Å²) in [7, 11) is 3.10. The highest BCUT2D eigenvalue weighted by atomic mass is 32.1. The van der Waals surface area contributed by atoms with E-state index >= 15 is 0 Å². The molecule has 1 aromatic heterocycles. The number of hydrogen-bond acceptors (Lipinski definition) is 5. The number of nitrogens with one attached hydrogen (secondary N) is 1. The zero-order valence-corrected chi connectivity index (χ0v) is 12.4. The van der Waals surface area contributed by atoms with E-state index in [1.165, 1.54) is 7.11 Å². The molecule has 1 N–H and O–H groups in total. The van der Waals surface area contributed by atoms with Crippen LogP contribution in [0.25, 0.3) is 0 Å². The summed E-state index contributed by atoms with van der Waals surface area (Å²) in [5.41, 5.74) is 0.524. The summed E-state index contributed by atoms with van der Waals surface area (Å²) in [4.78, 5) is 17.4. The first-order valence-corrected chi connectivity index (χ1v) is 6.87. The highest BCUT2D eigenvalue weighted by Crippen LogP contribution is 2.27. The fourth-order valence-corrected chi connectivity index (χ4v) is 2.45. The van der Waals surface area contributed by atoms with Crippen molar-refractivity contribution in [1.82, 2.24) is 10.3 Å². The summed E-state index contributed by atoms with van der Waals surface area (Å²) in [6.07, 6.45) is 1.79. The highest BCUT2D eigenvalue weighted by Gasteiger charge is 2.11. The summed E-state index contributed by atoms with van der Waals surface area (Å²) >= 11 is 1.57. The van der Waals surface area contributed by atoms with Crippen LogP contribution in [0.5, 0.6) is 11.5 Å².